The number of carbonyl (C=O) groups is 1. The lowest BCUT2D eigenvalue weighted by atomic mass is 10.1. The fourth-order valence-corrected chi connectivity index (χ4v) is 2.27. The summed E-state index contributed by atoms with van der Waals surface area (Å²) in [4.78, 5) is 15.5. The molecule has 2 N–H and O–H groups in total. The molecule has 2 rings (SSSR count). The molecule has 0 saturated carbocycles. The molecule has 0 unspecified atom stereocenters. The van der Waals surface area contributed by atoms with Crippen LogP contribution in [0, 0.1) is 6.92 Å². The van der Waals surface area contributed by atoms with Crippen molar-refractivity contribution in [1.82, 2.24) is 4.98 Å². The van der Waals surface area contributed by atoms with Crippen LogP contribution in [0.25, 0.3) is 0 Å². The van der Waals surface area contributed by atoms with Gasteiger partial charge in [-0.1, -0.05) is 0 Å². The average molecular weight is 278 g/mol. The van der Waals surface area contributed by atoms with Gasteiger partial charge in [0.2, 0.25) is 0 Å². The molecule has 1 aromatic carbocycles. The second-order valence-corrected chi connectivity index (χ2v) is 4.99. The van der Waals surface area contributed by atoms with Gasteiger partial charge < -0.3 is 15.2 Å². The van der Waals surface area contributed by atoms with Crippen LogP contribution in [0.2, 0.25) is 0 Å². The molecule has 19 heavy (non-hydrogen) atoms. The molecule has 0 bridgehead atoms. The molecule has 2 aromatic rings. The first-order valence-electron chi connectivity index (χ1n) is 5.66. The van der Waals surface area contributed by atoms with Crippen LogP contribution in [0.5, 0.6) is 5.75 Å². The number of benzene rings is 1. The highest BCUT2D eigenvalue weighted by Gasteiger charge is 2.11. The molecule has 0 aliphatic rings. The second-order valence-electron chi connectivity index (χ2n) is 3.93. The molecular weight excluding hydrogens is 264 g/mol. The molecule has 1 aromatic heterocycles. The Hall–Kier alpha value is -2.08. The molecule has 0 spiro atoms. The molecule has 100 valence electrons. The van der Waals surface area contributed by atoms with E-state index in [9.17, 15) is 4.79 Å². The van der Waals surface area contributed by atoms with Gasteiger partial charge in [-0.05, 0) is 19.1 Å². The zero-order valence-corrected chi connectivity index (χ0v) is 11.5. The number of carboxylic acids is 1. The van der Waals surface area contributed by atoms with E-state index in [2.05, 4.69) is 10.3 Å². The Morgan fingerprint density at radius 3 is 2.89 bits per heavy atom. The molecule has 0 fully saturated rings. The van der Waals surface area contributed by atoms with E-state index in [1.807, 2.05) is 12.3 Å². The fraction of sp³-hybridized carbons (Fsp3) is 0.231. The highest BCUT2D eigenvalue weighted by molar-refractivity contribution is 7.09. The quantitative estimate of drug-likeness (QED) is 0.880. The number of rotatable bonds is 5. The summed E-state index contributed by atoms with van der Waals surface area (Å²) in [5, 5.41) is 15.2. The first-order chi connectivity index (χ1) is 9.10. The summed E-state index contributed by atoms with van der Waals surface area (Å²) in [6, 6.07) is 4.82. The highest BCUT2D eigenvalue weighted by Crippen LogP contribution is 2.23. The molecule has 0 amide bonds. The van der Waals surface area contributed by atoms with E-state index in [0.717, 1.165) is 10.7 Å². The summed E-state index contributed by atoms with van der Waals surface area (Å²) in [6.07, 6.45) is 0. The third-order valence-electron chi connectivity index (χ3n) is 2.58. The molecule has 6 heteroatoms. The van der Waals surface area contributed by atoms with Crippen molar-refractivity contribution >= 4 is 23.0 Å². The Labute approximate surface area is 114 Å². The van der Waals surface area contributed by atoms with Gasteiger partial charge in [0.1, 0.15) is 5.75 Å². The van der Waals surface area contributed by atoms with Crippen LogP contribution in [0.1, 0.15) is 21.1 Å². The maximum atomic E-state index is 11.1. The first-order valence-corrected chi connectivity index (χ1v) is 6.54. The monoisotopic (exact) mass is 278 g/mol. The Balaban J connectivity index is 2.19. The van der Waals surface area contributed by atoms with Gasteiger partial charge >= 0.3 is 5.97 Å². The molecule has 0 saturated heterocycles. The van der Waals surface area contributed by atoms with Crippen LogP contribution in [0.15, 0.2) is 23.6 Å². The number of carboxylic acid groups (broad SMARTS) is 1. The van der Waals surface area contributed by atoms with Crippen molar-refractivity contribution in [3.8, 4) is 5.75 Å². The summed E-state index contributed by atoms with van der Waals surface area (Å²) in [5.74, 6) is -0.360. The standard InChI is InChI=1S/C13H14N2O3S/c1-8-15-9(7-19-8)6-14-12-5-10(18-2)3-4-11(12)13(16)17/h3-5,7,14H,6H2,1-2H3,(H,16,17). The number of aromatic nitrogens is 1. The number of hydrogen-bond donors (Lipinski definition) is 2. The van der Waals surface area contributed by atoms with E-state index in [0.29, 0.717) is 18.0 Å². The number of thiazole rings is 1. The van der Waals surface area contributed by atoms with Gasteiger partial charge in [0, 0.05) is 11.4 Å². The smallest absolute Gasteiger partial charge is 0.337 e. The van der Waals surface area contributed by atoms with E-state index in [4.69, 9.17) is 9.84 Å². The lowest BCUT2D eigenvalue weighted by Gasteiger charge is -2.10. The summed E-state index contributed by atoms with van der Waals surface area (Å²) in [6.45, 7) is 2.42. The van der Waals surface area contributed by atoms with Crippen LogP contribution in [0.3, 0.4) is 0 Å². The number of aryl methyl sites for hydroxylation is 1. The van der Waals surface area contributed by atoms with E-state index in [1.54, 1.807) is 30.6 Å². The van der Waals surface area contributed by atoms with Crippen LogP contribution in [0.4, 0.5) is 5.69 Å². The zero-order valence-electron chi connectivity index (χ0n) is 10.6. The molecule has 0 aliphatic heterocycles. The minimum absolute atomic E-state index is 0.216. The number of methoxy groups -OCH3 is 1. The lowest BCUT2D eigenvalue weighted by Crippen LogP contribution is -2.07. The van der Waals surface area contributed by atoms with Gasteiger partial charge in [-0.25, -0.2) is 9.78 Å². The van der Waals surface area contributed by atoms with Crippen molar-refractivity contribution in [3.63, 3.8) is 0 Å². The predicted octanol–water partition coefficient (Wildman–Crippen LogP) is 2.77. The van der Waals surface area contributed by atoms with E-state index < -0.39 is 5.97 Å². The zero-order chi connectivity index (χ0) is 13.8. The van der Waals surface area contributed by atoms with Gasteiger partial charge in [-0.2, -0.15) is 0 Å². The highest BCUT2D eigenvalue weighted by atomic mass is 32.1. The maximum Gasteiger partial charge on any atom is 0.337 e. The normalized spacial score (nSPS) is 10.2. The summed E-state index contributed by atoms with van der Waals surface area (Å²) in [5.41, 5.74) is 1.63. The van der Waals surface area contributed by atoms with Crippen molar-refractivity contribution in [2.45, 2.75) is 13.5 Å². The van der Waals surface area contributed by atoms with Crippen LogP contribution in [-0.2, 0) is 6.54 Å². The van der Waals surface area contributed by atoms with Gasteiger partial charge in [0.05, 0.1) is 35.6 Å². The van der Waals surface area contributed by atoms with Crippen LogP contribution >= 0.6 is 11.3 Å². The SMILES string of the molecule is COc1ccc(C(=O)O)c(NCc2csc(C)n2)c1. The fourth-order valence-electron chi connectivity index (χ4n) is 1.66. The number of aromatic carboxylic acids is 1. The van der Waals surface area contributed by atoms with Crippen molar-refractivity contribution in [2.24, 2.45) is 0 Å². The lowest BCUT2D eigenvalue weighted by molar-refractivity contribution is 0.0698. The topological polar surface area (TPSA) is 71.5 Å². The number of hydrogen-bond acceptors (Lipinski definition) is 5. The summed E-state index contributed by atoms with van der Waals surface area (Å²) >= 11 is 1.57. The predicted molar refractivity (Wildman–Crippen MR) is 74.1 cm³/mol. The Bertz CT molecular complexity index is 595. The molecule has 0 radical (unpaired) electrons. The van der Waals surface area contributed by atoms with Crippen LogP contribution in [-0.4, -0.2) is 23.2 Å². The number of nitrogens with one attached hydrogen (secondary N) is 1. The number of nitrogens with zero attached hydrogens (tertiary/aromatic N) is 1. The van der Waals surface area contributed by atoms with Crippen LogP contribution < -0.4 is 10.1 Å². The van der Waals surface area contributed by atoms with Gasteiger partial charge in [0.25, 0.3) is 0 Å². The van der Waals surface area contributed by atoms with E-state index in [1.165, 1.54) is 6.07 Å². The minimum Gasteiger partial charge on any atom is -0.497 e. The molecule has 0 aliphatic carbocycles. The maximum absolute atomic E-state index is 11.1. The summed E-state index contributed by atoms with van der Waals surface area (Å²) in [7, 11) is 1.54. The van der Waals surface area contributed by atoms with E-state index >= 15 is 0 Å². The summed E-state index contributed by atoms with van der Waals surface area (Å²) < 4.78 is 5.10. The largest absolute Gasteiger partial charge is 0.497 e. The van der Waals surface area contributed by atoms with Crippen molar-refractivity contribution < 1.29 is 14.6 Å². The number of ether oxygens (including phenoxy) is 1. The van der Waals surface area contributed by atoms with Crippen molar-refractivity contribution in [3.05, 3.63) is 39.8 Å². The van der Waals surface area contributed by atoms with Gasteiger partial charge in [-0.15, -0.1) is 11.3 Å². The Morgan fingerprint density at radius 2 is 2.32 bits per heavy atom. The van der Waals surface area contributed by atoms with Gasteiger partial charge in [0.15, 0.2) is 0 Å². The first kappa shape index (κ1) is 13.4. The van der Waals surface area contributed by atoms with Crippen molar-refractivity contribution in [1.29, 1.82) is 0 Å². The average Bonchev–Trinajstić information content (AvgIpc) is 2.81. The minimum atomic E-state index is -0.973. The third-order valence-corrected chi connectivity index (χ3v) is 3.41. The molecule has 1 heterocycles. The van der Waals surface area contributed by atoms with Gasteiger partial charge in [-0.3, -0.25) is 0 Å². The Kier molecular flexibility index (Phi) is 4.01. The third kappa shape index (κ3) is 3.23. The number of anilines is 1. The van der Waals surface area contributed by atoms with Crippen molar-refractivity contribution in [2.75, 3.05) is 12.4 Å². The molecule has 0 atom stereocenters. The Morgan fingerprint density at radius 1 is 1.53 bits per heavy atom. The van der Waals surface area contributed by atoms with E-state index in [-0.39, 0.29) is 5.56 Å². The molecule has 5 nitrogen and oxygen atoms in total. The molecular formula is C13H14N2O3S. The second kappa shape index (κ2) is 5.71.